The van der Waals surface area contributed by atoms with E-state index in [1.165, 1.54) is 4.90 Å². The van der Waals surface area contributed by atoms with Crippen molar-refractivity contribution >= 4 is 6.09 Å². The van der Waals surface area contributed by atoms with Gasteiger partial charge in [0.05, 0.1) is 0 Å². The molecule has 6 nitrogen and oxygen atoms in total. The number of amides is 1. The molecule has 1 unspecified atom stereocenters. The van der Waals surface area contributed by atoms with Crippen molar-refractivity contribution in [3.63, 3.8) is 0 Å². The lowest BCUT2D eigenvalue weighted by Gasteiger charge is -2.14. The van der Waals surface area contributed by atoms with Gasteiger partial charge in [-0.15, -0.1) is 0 Å². The molecule has 15 heavy (non-hydrogen) atoms. The number of carboxylic acid groups (broad SMARTS) is 1. The number of hydrogen-bond donors (Lipinski definition) is 1. The van der Waals surface area contributed by atoms with E-state index in [2.05, 4.69) is 10.1 Å². The number of rotatable bonds is 1. The van der Waals surface area contributed by atoms with Crippen molar-refractivity contribution in [3.05, 3.63) is 11.7 Å². The summed E-state index contributed by atoms with van der Waals surface area (Å²) in [7, 11) is 0. The van der Waals surface area contributed by atoms with Crippen LogP contribution in [0.2, 0.25) is 0 Å². The van der Waals surface area contributed by atoms with Crippen LogP contribution in [0.5, 0.6) is 0 Å². The monoisotopic (exact) mass is 209 g/mol. The van der Waals surface area contributed by atoms with E-state index in [0.29, 0.717) is 42.6 Å². The fourth-order valence-corrected chi connectivity index (χ4v) is 2.50. The molecule has 1 N–H and O–H groups in total. The maximum atomic E-state index is 10.7. The van der Waals surface area contributed by atoms with Crippen LogP contribution in [-0.2, 0) is 0 Å². The first-order chi connectivity index (χ1) is 7.16. The van der Waals surface area contributed by atoms with Crippen LogP contribution >= 0.6 is 0 Å². The van der Waals surface area contributed by atoms with Crippen LogP contribution < -0.4 is 0 Å². The molecule has 1 aromatic heterocycles. The molecule has 3 rings (SSSR count). The summed E-state index contributed by atoms with van der Waals surface area (Å²) in [6, 6.07) is 0. The number of likely N-dealkylation sites (tertiary alicyclic amines) is 1. The standard InChI is InChI=1S/C9H11N3O3/c1-4-10-8(15-11-4)7-5-2-12(9(13)14)3-6(5)7/h5-7H,2-3H2,1H3,(H,13,14)/t5-,6+,7?. The molecule has 80 valence electrons. The van der Waals surface area contributed by atoms with Crippen LogP contribution in [0.4, 0.5) is 4.79 Å². The minimum atomic E-state index is -0.831. The third-order valence-corrected chi connectivity index (χ3v) is 3.29. The zero-order valence-electron chi connectivity index (χ0n) is 8.25. The van der Waals surface area contributed by atoms with Gasteiger partial charge in [-0.2, -0.15) is 4.98 Å². The van der Waals surface area contributed by atoms with Gasteiger partial charge in [-0.1, -0.05) is 5.16 Å². The maximum Gasteiger partial charge on any atom is 0.407 e. The zero-order valence-corrected chi connectivity index (χ0v) is 8.25. The van der Waals surface area contributed by atoms with E-state index >= 15 is 0 Å². The Morgan fingerprint density at radius 1 is 1.53 bits per heavy atom. The number of carbonyl (C=O) groups is 1. The number of hydrogen-bond acceptors (Lipinski definition) is 4. The van der Waals surface area contributed by atoms with Crippen LogP contribution in [0, 0.1) is 18.8 Å². The predicted molar refractivity (Wildman–Crippen MR) is 48.4 cm³/mol. The molecular formula is C9H11N3O3. The third kappa shape index (κ3) is 1.20. The Bertz CT molecular complexity index is 404. The highest BCUT2D eigenvalue weighted by Gasteiger charge is 2.60. The van der Waals surface area contributed by atoms with Crippen LogP contribution in [0.15, 0.2) is 4.52 Å². The van der Waals surface area contributed by atoms with Gasteiger partial charge in [-0.05, 0) is 18.8 Å². The van der Waals surface area contributed by atoms with Gasteiger partial charge in [0.15, 0.2) is 5.82 Å². The summed E-state index contributed by atoms with van der Waals surface area (Å²) in [6.45, 7) is 2.99. The largest absolute Gasteiger partial charge is 0.465 e. The molecule has 1 saturated carbocycles. The van der Waals surface area contributed by atoms with Crippen molar-refractivity contribution in [1.29, 1.82) is 0 Å². The Morgan fingerprint density at radius 2 is 2.20 bits per heavy atom. The molecule has 2 fully saturated rings. The van der Waals surface area contributed by atoms with Gasteiger partial charge in [0.1, 0.15) is 0 Å². The van der Waals surface area contributed by atoms with Crippen molar-refractivity contribution in [2.24, 2.45) is 11.8 Å². The average molecular weight is 209 g/mol. The second kappa shape index (κ2) is 2.71. The van der Waals surface area contributed by atoms with Gasteiger partial charge in [0.2, 0.25) is 5.89 Å². The lowest BCUT2D eigenvalue weighted by molar-refractivity contribution is 0.149. The van der Waals surface area contributed by atoms with Crippen molar-refractivity contribution < 1.29 is 14.4 Å². The third-order valence-electron chi connectivity index (χ3n) is 3.29. The number of fused-ring (bicyclic) bond motifs is 1. The Balaban J connectivity index is 1.70. The summed E-state index contributed by atoms with van der Waals surface area (Å²) in [5, 5.41) is 12.5. The SMILES string of the molecule is Cc1noc(C2[C@H]3CN(C(=O)O)C[C@@H]23)n1. The number of aromatic nitrogens is 2. The van der Waals surface area contributed by atoms with E-state index in [9.17, 15) is 4.79 Å². The molecule has 0 bridgehead atoms. The minimum Gasteiger partial charge on any atom is -0.465 e. The Morgan fingerprint density at radius 3 is 2.67 bits per heavy atom. The van der Waals surface area contributed by atoms with Gasteiger partial charge >= 0.3 is 6.09 Å². The van der Waals surface area contributed by atoms with Crippen LogP contribution in [0.1, 0.15) is 17.6 Å². The van der Waals surface area contributed by atoms with Gasteiger partial charge in [0.25, 0.3) is 0 Å². The highest BCUT2D eigenvalue weighted by Crippen LogP contribution is 2.57. The first-order valence-electron chi connectivity index (χ1n) is 4.95. The molecular weight excluding hydrogens is 198 g/mol. The van der Waals surface area contributed by atoms with E-state index < -0.39 is 6.09 Å². The van der Waals surface area contributed by atoms with E-state index in [0.717, 1.165) is 0 Å². The molecule has 0 aromatic carbocycles. The van der Waals surface area contributed by atoms with E-state index in [1.54, 1.807) is 6.92 Å². The molecule has 0 radical (unpaired) electrons. The summed E-state index contributed by atoms with van der Waals surface area (Å²) in [6.07, 6.45) is -0.831. The highest BCUT2D eigenvalue weighted by atomic mass is 16.5. The lowest BCUT2D eigenvalue weighted by atomic mass is 10.2. The second-order valence-electron chi connectivity index (χ2n) is 4.22. The molecule has 1 saturated heterocycles. The molecule has 2 aliphatic rings. The summed E-state index contributed by atoms with van der Waals surface area (Å²) in [4.78, 5) is 16.3. The van der Waals surface area contributed by atoms with Crippen molar-refractivity contribution in [3.8, 4) is 0 Å². The quantitative estimate of drug-likeness (QED) is 0.736. The van der Waals surface area contributed by atoms with E-state index in [4.69, 9.17) is 9.63 Å². The summed E-state index contributed by atoms with van der Waals surface area (Å²) < 4.78 is 5.09. The summed E-state index contributed by atoms with van der Waals surface area (Å²) in [5.41, 5.74) is 0. The highest BCUT2D eigenvalue weighted by molar-refractivity contribution is 5.66. The topological polar surface area (TPSA) is 79.5 Å². The second-order valence-corrected chi connectivity index (χ2v) is 4.22. The molecule has 1 aliphatic heterocycles. The van der Waals surface area contributed by atoms with Crippen molar-refractivity contribution in [2.75, 3.05) is 13.1 Å². The minimum absolute atomic E-state index is 0.293. The molecule has 1 aliphatic carbocycles. The zero-order chi connectivity index (χ0) is 10.6. The number of piperidine rings is 1. The number of aryl methyl sites for hydroxylation is 1. The lowest BCUT2D eigenvalue weighted by Crippen LogP contribution is -2.29. The van der Waals surface area contributed by atoms with E-state index in [-0.39, 0.29) is 0 Å². The normalized spacial score (nSPS) is 32.9. The fraction of sp³-hybridized carbons (Fsp3) is 0.667. The van der Waals surface area contributed by atoms with Crippen LogP contribution in [0.25, 0.3) is 0 Å². The van der Waals surface area contributed by atoms with Crippen molar-refractivity contribution in [2.45, 2.75) is 12.8 Å². The van der Waals surface area contributed by atoms with E-state index in [1.807, 2.05) is 0 Å². The number of nitrogens with zero attached hydrogens (tertiary/aromatic N) is 3. The summed E-state index contributed by atoms with van der Waals surface area (Å²) >= 11 is 0. The van der Waals surface area contributed by atoms with Gasteiger partial charge < -0.3 is 14.5 Å². The molecule has 1 aromatic rings. The summed E-state index contributed by atoms with van der Waals surface area (Å²) in [5.74, 6) is 2.39. The first-order valence-corrected chi connectivity index (χ1v) is 4.95. The Hall–Kier alpha value is -1.59. The fourth-order valence-electron chi connectivity index (χ4n) is 2.50. The Labute approximate surface area is 85.9 Å². The van der Waals surface area contributed by atoms with Gasteiger partial charge in [-0.25, -0.2) is 4.79 Å². The first kappa shape index (κ1) is 8.70. The molecule has 1 amide bonds. The molecule has 3 atom stereocenters. The van der Waals surface area contributed by atoms with Gasteiger partial charge in [0, 0.05) is 19.0 Å². The predicted octanol–water partition coefficient (Wildman–Crippen LogP) is 0.701. The smallest absolute Gasteiger partial charge is 0.407 e. The van der Waals surface area contributed by atoms with Crippen LogP contribution in [0.3, 0.4) is 0 Å². The van der Waals surface area contributed by atoms with Gasteiger partial charge in [-0.3, -0.25) is 0 Å². The average Bonchev–Trinajstić information content (AvgIpc) is 2.62. The molecule has 6 heteroatoms. The van der Waals surface area contributed by atoms with Crippen molar-refractivity contribution in [1.82, 2.24) is 15.0 Å². The van der Waals surface area contributed by atoms with Crippen LogP contribution in [-0.4, -0.2) is 39.3 Å². The molecule has 0 spiro atoms. The molecule has 2 heterocycles. The maximum absolute atomic E-state index is 10.7. The Kier molecular flexibility index (Phi) is 1.57.